The summed E-state index contributed by atoms with van der Waals surface area (Å²) in [5.74, 6) is -0.594. The van der Waals surface area contributed by atoms with Crippen LogP contribution in [-0.2, 0) is 4.79 Å². The van der Waals surface area contributed by atoms with Crippen molar-refractivity contribution in [1.29, 1.82) is 0 Å². The number of halogens is 3. The Hall–Kier alpha value is -0.610. The van der Waals surface area contributed by atoms with Crippen LogP contribution in [0.2, 0.25) is 5.02 Å². The predicted octanol–water partition coefficient (Wildman–Crippen LogP) is 4.62. The Kier molecular flexibility index (Phi) is 4.55. The SMILES string of the molecule is CCC(C)(C)C(=O)Nc1c(Cl)cc(F)cc1Br. The molecule has 0 atom stereocenters. The molecule has 2 nitrogen and oxygen atoms in total. The normalized spacial score (nSPS) is 11.4. The molecule has 1 rings (SSSR count). The molecule has 0 bridgehead atoms. The van der Waals surface area contributed by atoms with Crippen molar-refractivity contribution in [2.45, 2.75) is 27.2 Å². The molecular formula is C12H14BrClFNO. The van der Waals surface area contributed by atoms with Crippen molar-refractivity contribution < 1.29 is 9.18 Å². The van der Waals surface area contributed by atoms with Crippen LogP contribution in [0.1, 0.15) is 27.2 Å². The number of anilines is 1. The highest BCUT2D eigenvalue weighted by Crippen LogP contribution is 2.33. The maximum Gasteiger partial charge on any atom is 0.230 e. The molecular weight excluding hydrogens is 308 g/mol. The summed E-state index contributed by atoms with van der Waals surface area (Å²) >= 11 is 9.06. The lowest BCUT2D eigenvalue weighted by Gasteiger charge is -2.22. The van der Waals surface area contributed by atoms with E-state index in [9.17, 15) is 9.18 Å². The molecule has 1 N–H and O–H groups in total. The molecule has 17 heavy (non-hydrogen) atoms. The Labute approximate surface area is 114 Å². The van der Waals surface area contributed by atoms with Gasteiger partial charge in [0.15, 0.2) is 0 Å². The maximum atomic E-state index is 13.0. The van der Waals surface area contributed by atoms with Gasteiger partial charge in [0.05, 0.1) is 10.7 Å². The van der Waals surface area contributed by atoms with Gasteiger partial charge in [-0.1, -0.05) is 32.4 Å². The third-order valence-corrected chi connectivity index (χ3v) is 3.67. The molecule has 94 valence electrons. The first kappa shape index (κ1) is 14.5. The van der Waals surface area contributed by atoms with E-state index < -0.39 is 11.2 Å². The van der Waals surface area contributed by atoms with Crippen molar-refractivity contribution in [1.82, 2.24) is 0 Å². The third kappa shape index (κ3) is 3.42. The molecule has 0 saturated heterocycles. The zero-order valence-electron chi connectivity index (χ0n) is 9.90. The van der Waals surface area contributed by atoms with Crippen LogP contribution in [0.4, 0.5) is 10.1 Å². The molecule has 1 aromatic rings. The van der Waals surface area contributed by atoms with Crippen LogP contribution in [-0.4, -0.2) is 5.91 Å². The second-order valence-corrected chi connectivity index (χ2v) is 5.70. The summed E-state index contributed by atoms with van der Waals surface area (Å²) in [6.45, 7) is 5.61. The zero-order chi connectivity index (χ0) is 13.2. The number of hydrogen-bond donors (Lipinski definition) is 1. The largest absolute Gasteiger partial charge is 0.323 e. The lowest BCUT2D eigenvalue weighted by atomic mass is 9.89. The lowest BCUT2D eigenvalue weighted by Crippen LogP contribution is -2.30. The number of benzene rings is 1. The Morgan fingerprint density at radius 2 is 2.12 bits per heavy atom. The van der Waals surface area contributed by atoms with E-state index in [4.69, 9.17) is 11.6 Å². The van der Waals surface area contributed by atoms with Crippen LogP contribution in [0.3, 0.4) is 0 Å². The number of nitrogens with one attached hydrogen (secondary N) is 1. The summed E-state index contributed by atoms with van der Waals surface area (Å²) in [5, 5.41) is 2.89. The Morgan fingerprint density at radius 1 is 1.53 bits per heavy atom. The molecule has 0 heterocycles. The molecule has 0 radical (unpaired) electrons. The van der Waals surface area contributed by atoms with Gasteiger partial charge < -0.3 is 5.32 Å². The van der Waals surface area contributed by atoms with Crippen LogP contribution in [0.5, 0.6) is 0 Å². The van der Waals surface area contributed by atoms with E-state index in [0.717, 1.165) is 0 Å². The van der Waals surface area contributed by atoms with Crippen LogP contribution in [0.15, 0.2) is 16.6 Å². The van der Waals surface area contributed by atoms with Gasteiger partial charge in [-0.2, -0.15) is 0 Å². The second-order valence-electron chi connectivity index (χ2n) is 4.44. The maximum absolute atomic E-state index is 13.0. The molecule has 0 fully saturated rings. The minimum atomic E-state index is -0.489. The van der Waals surface area contributed by atoms with Crippen LogP contribution < -0.4 is 5.32 Å². The summed E-state index contributed by atoms with van der Waals surface area (Å²) in [7, 11) is 0. The summed E-state index contributed by atoms with van der Waals surface area (Å²) in [6.07, 6.45) is 0.704. The number of rotatable bonds is 3. The quantitative estimate of drug-likeness (QED) is 0.864. The average molecular weight is 323 g/mol. The first-order valence-corrected chi connectivity index (χ1v) is 6.41. The van der Waals surface area contributed by atoms with Crippen LogP contribution in [0, 0.1) is 11.2 Å². The molecule has 0 aliphatic heterocycles. The highest BCUT2D eigenvalue weighted by atomic mass is 79.9. The molecule has 5 heteroatoms. The third-order valence-electron chi connectivity index (χ3n) is 2.74. The minimum Gasteiger partial charge on any atom is -0.323 e. The smallest absolute Gasteiger partial charge is 0.230 e. The Morgan fingerprint density at radius 3 is 2.59 bits per heavy atom. The standard InChI is InChI=1S/C12H14BrClFNO/c1-4-12(2,3)11(17)16-10-8(13)5-7(15)6-9(10)14/h5-6H,4H2,1-3H3,(H,16,17). The van der Waals surface area contributed by atoms with Crippen molar-refractivity contribution in [3.05, 3.63) is 27.4 Å². The summed E-state index contributed by atoms with van der Waals surface area (Å²) in [4.78, 5) is 12.0. The Balaban J connectivity index is 3.01. The summed E-state index contributed by atoms with van der Waals surface area (Å²) in [6, 6.07) is 2.43. The van der Waals surface area contributed by atoms with E-state index in [1.54, 1.807) is 0 Å². The molecule has 0 unspecified atom stereocenters. The number of amides is 1. The van der Waals surface area contributed by atoms with Gasteiger partial charge in [0, 0.05) is 9.89 Å². The van der Waals surface area contributed by atoms with Gasteiger partial charge in [0.2, 0.25) is 5.91 Å². The number of carbonyl (C=O) groups is 1. The second kappa shape index (κ2) is 5.36. The first-order chi connectivity index (χ1) is 7.77. The monoisotopic (exact) mass is 321 g/mol. The minimum absolute atomic E-state index is 0.144. The topological polar surface area (TPSA) is 29.1 Å². The van der Waals surface area contributed by atoms with E-state index in [0.29, 0.717) is 16.6 Å². The van der Waals surface area contributed by atoms with E-state index in [1.807, 2.05) is 20.8 Å². The van der Waals surface area contributed by atoms with Gasteiger partial charge in [-0.3, -0.25) is 4.79 Å². The molecule has 0 spiro atoms. The molecule has 0 aliphatic rings. The van der Waals surface area contributed by atoms with Gasteiger partial charge in [-0.05, 0) is 34.5 Å². The molecule has 0 saturated carbocycles. The Bertz CT molecular complexity index is 425. The summed E-state index contributed by atoms with van der Waals surface area (Å²) in [5.41, 5.74) is -0.0865. The fourth-order valence-corrected chi connectivity index (χ4v) is 2.00. The highest BCUT2D eigenvalue weighted by Gasteiger charge is 2.26. The number of hydrogen-bond acceptors (Lipinski definition) is 1. The van der Waals surface area contributed by atoms with Crippen molar-refractivity contribution in [3.63, 3.8) is 0 Å². The number of carbonyl (C=O) groups excluding carboxylic acids is 1. The van der Waals surface area contributed by atoms with E-state index in [1.165, 1.54) is 12.1 Å². The van der Waals surface area contributed by atoms with E-state index in [2.05, 4.69) is 21.2 Å². The first-order valence-electron chi connectivity index (χ1n) is 5.24. The van der Waals surface area contributed by atoms with Gasteiger partial charge in [-0.15, -0.1) is 0 Å². The highest BCUT2D eigenvalue weighted by molar-refractivity contribution is 9.10. The van der Waals surface area contributed by atoms with Crippen molar-refractivity contribution in [2.24, 2.45) is 5.41 Å². The predicted molar refractivity (Wildman–Crippen MR) is 71.8 cm³/mol. The fourth-order valence-electron chi connectivity index (χ4n) is 1.10. The lowest BCUT2D eigenvalue weighted by molar-refractivity contribution is -0.124. The van der Waals surface area contributed by atoms with Crippen LogP contribution in [0.25, 0.3) is 0 Å². The fraction of sp³-hybridized carbons (Fsp3) is 0.417. The average Bonchev–Trinajstić information content (AvgIpc) is 2.22. The molecule has 1 aromatic carbocycles. The van der Waals surface area contributed by atoms with E-state index >= 15 is 0 Å². The van der Waals surface area contributed by atoms with E-state index in [-0.39, 0.29) is 10.9 Å². The van der Waals surface area contributed by atoms with Gasteiger partial charge in [0.1, 0.15) is 5.82 Å². The van der Waals surface area contributed by atoms with Crippen molar-refractivity contribution in [3.8, 4) is 0 Å². The van der Waals surface area contributed by atoms with Crippen molar-refractivity contribution in [2.75, 3.05) is 5.32 Å². The van der Waals surface area contributed by atoms with Gasteiger partial charge >= 0.3 is 0 Å². The molecule has 1 amide bonds. The van der Waals surface area contributed by atoms with Crippen LogP contribution >= 0.6 is 27.5 Å². The van der Waals surface area contributed by atoms with Crippen molar-refractivity contribution >= 4 is 39.1 Å². The summed E-state index contributed by atoms with van der Waals surface area (Å²) < 4.78 is 13.5. The van der Waals surface area contributed by atoms with Gasteiger partial charge in [0.25, 0.3) is 0 Å². The van der Waals surface area contributed by atoms with Gasteiger partial charge in [-0.25, -0.2) is 4.39 Å². The molecule has 0 aromatic heterocycles. The zero-order valence-corrected chi connectivity index (χ0v) is 12.2. The molecule has 0 aliphatic carbocycles.